The van der Waals surface area contributed by atoms with Crippen LogP contribution in [0.5, 0.6) is 0 Å². The van der Waals surface area contributed by atoms with Crippen molar-refractivity contribution in [3.05, 3.63) is 77.0 Å². The first-order chi connectivity index (χ1) is 13.4. The van der Waals surface area contributed by atoms with Crippen LogP contribution >= 0.6 is 10.8 Å². The first kappa shape index (κ1) is 20.0. The maximum Gasteiger partial charge on any atom is 0.290 e. The van der Waals surface area contributed by atoms with E-state index in [-0.39, 0.29) is 16.6 Å². The van der Waals surface area contributed by atoms with E-state index in [1.54, 1.807) is 50.2 Å². The van der Waals surface area contributed by atoms with Gasteiger partial charge >= 0.3 is 0 Å². The normalized spacial score (nSPS) is 17.0. The first-order valence-corrected chi connectivity index (χ1v) is 10.5. The second kappa shape index (κ2) is 8.07. The zero-order chi connectivity index (χ0) is 20.3. The Morgan fingerprint density at radius 3 is 2.32 bits per heavy atom. The third-order valence-electron chi connectivity index (χ3n) is 4.49. The van der Waals surface area contributed by atoms with E-state index in [0.29, 0.717) is 24.1 Å². The van der Waals surface area contributed by atoms with Crippen molar-refractivity contribution in [2.45, 2.75) is 26.3 Å². The molecule has 0 spiro atoms. The van der Waals surface area contributed by atoms with Gasteiger partial charge in [-0.1, -0.05) is 53.2 Å². The van der Waals surface area contributed by atoms with E-state index in [9.17, 15) is 13.9 Å². The summed E-state index contributed by atoms with van der Waals surface area (Å²) in [6.45, 7) is 3.97. The van der Waals surface area contributed by atoms with Gasteiger partial charge in [0, 0.05) is 18.2 Å². The summed E-state index contributed by atoms with van der Waals surface area (Å²) in [7, 11) is -3.42. The molecule has 0 aromatic heterocycles. The van der Waals surface area contributed by atoms with Crippen LogP contribution in [-0.4, -0.2) is 31.9 Å². The minimum Gasteiger partial charge on any atom is -0.379 e. The first-order valence-electron chi connectivity index (χ1n) is 9.01. The second-order valence-electron chi connectivity index (χ2n) is 6.80. The van der Waals surface area contributed by atoms with E-state index in [1.165, 1.54) is 0 Å². The summed E-state index contributed by atoms with van der Waals surface area (Å²) >= 11 is 0. The fraction of sp³-hybridized carbons (Fsp3) is 0.238. The standard InChI is InChI=1S/C21H23N3O3S/c1-15(2)24-21(25)19(20(28(24,26)27)18-6-4-3-5-7-18)23-13-12-16-8-10-17(14-22)11-9-16/h3-11,15,23,26-27H,12-13H2,1-2H3. The molecule has 0 saturated heterocycles. The molecule has 1 aliphatic rings. The Labute approximate surface area is 166 Å². The average Bonchev–Trinajstić information content (AvgIpc) is 2.88. The molecule has 0 saturated carbocycles. The molecule has 0 fully saturated rings. The van der Waals surface area contributed by atoms with Gasteiger partial charge in [-0.05, 0) is 38.0 Å². The van der Waals surface area contributed by atoms with Crippen molar-refractivity contribution in [2.75, 3.05) is 6.54 Å². The number of benzene rings is 2. The van der Waals surface area contributed by atoms with E-state index in [2.05, 4.69) is 11.4 Å². The monoisotopic (exact) mass is 397 g/mol. The lowest BCUT2D eigenvalue weighted by Crippen LogP contribution is -2.37. The van der Waals surface area contributed by atoms with Crippen molar-refractivity contribution in [3.8, 4) is 6.07 Å². The van der Waals surface area contributed by atoms with Gasteiger partial charge in [-0.2, -0.15) is 5.26 Å². The van der Waals surface area contributed by atoms with Crippen LogP contribution < -0.4 is 5.32 Å². The van der Waals surface area contributed by atoms with Crippen molar-refractivity contribution in [2.24, 2.45) is 0 Å². The number of carbonyl (C=O) groups excluding carboxylic acids is 1. The number of nitriles is 1. The Kier molecular flexibility index (Phi) is 5.75. The third kappa shape index (κ3) is 3.76. The highest BCUT2D eigenvalue weighted by atomic mass is 32.3. The summed E-state index contributed by atoms with van der Waals surface area (Å²) in [5.41, 5.74) is 2.46. The lowest BCUT2D eigenvalue weighted by molar-refractivity contribution is -0.123. The van der Waals surface area contributed by atoms with Gasteiger partial charge in [0.05, 0.1) is 11.6 Å². The minimum absolute atomic E-state index is 0.230. The number of carbonyl (C=O) groups is 1. The predicted octanol–water partition coefficient (Wildman–Crippen LogP) is 3.98. The molecule has 0 aliphatic carbocycles. The molecule has 2 aromatic rings. The molecule has 7 heteroatoms. The number of nitrogens with zero attached hydrogens (tertiary/aromatic N) is 2. The Balaban J connectivity index is 1.87. The average molecular weight is 398 g/mol. The molecule has 2 aromatic carbocycles. The highest BCUT2D eigenvalue weighted by Gasteiger charge is 2.45. The van der Waals surface area contributed by atoms with Gasteiger partial charge in [0.1, 0.15) is 10.6 Å². The third-order valence-corrected chi connectivity index (χ3v) is 6.62. The van der Waals surface area contributed by atoms with E-state index < -0.39 is 16.7 Å². The van der Waals surface area contributed by atoms with Crippen LogP contribution in [0.15, 0.2) is 60.3 Å². The molecule has 1 amide bonds. The number of amides is 1. The van der Waals surface area contributed by atoms with E-state index in [0.717, 1.165) is 9.87 Å². The number of nitrogens with one attached hydrogen (secondary N) is 1. The quantitative estimate of drug-likeness (QED) is 0.685. The number of rotatable bonds is 6. The molecule has 3 N–H and O–H groups in total. The zero-order valence-electron chi connectivity index (χ0n) is 15.8. The van der Waals surface area contributed by atoms with Gasteiger partial charge in [0.25, 0.3) is 5.91 Å². The molecular weight excluding hydrogens is 374 g/mol. The van der Waals surface area contributed by atoms with Gasteiger partial charge in [0.15, 0.2) is 0 Å². The molecule has 0 unspecified atom stereocenters. The molecule has 3 rings (SSSR count). The van der Waals surface area contributed by atoms with Crippen LogP contribution in [0.3, 0.4) is 0 Å². The predicted molar refractivity (Wildman–Crippen MR) is 111 cm³/mol. The summed E-state index contributed by atoms with van der Waals surface area (Å²) in [4.78, 5) is 13.2. The molecule has 28 heavy (non-hydrogen) atoms. The fourth-order valence-electron chi connectivity index (χ4n) is 3.21. The fourth-order valence-corrected chi connectivity index (χ4v) is 5.21. The molecule has 0 atom stereocenters. The van der Waals surface area contributed by atoms with Gasteiger partial charge < -0.3 is 5.32 Å². The summed E-state index contributed by atoms with van der Waals surface area (Å²) in [6.07, 6.45) is 0.630. The topological polar surface area (TPSA) is 96.6 Å². The highest BCUT2D eigenvalue weighted by Crippen LogP contribution is 2.62. The van der Waals surface area contributed by atoms with Crippen molar-refractivity contribution in [1.82, 2.24) is 9.62 Å². The molecule has 1 heterocycles. The van der Waals surface area contributed by atoms with Gasteiger partial charge in [-0.3, -0.25) is 13.9 Å². The van der Waals surface area contributed by atoms with Gasteiger partial charge in [-0.25, -0.2) is 4.31 Å². The van der Waals surface area contributed by atoms with Gasteiger partial charge in [-0.15, -0.1) is 0 Å². The molecule has 0 bridgehead atoms. The van der Waals surface area contributed by atoms with Crippen molar-refractivity contribution in [3.63, 3.8) is 0 Å². The molecule has 146 valence electrons. The summed E-state index contributed by atoms with van der Waals surface area (Å²) in [6, 6.07) is 18.0. The minimum atomic E-state index is -3.42. The van der Waals surface area contributed by atoms with Crippen LogP contribution in [0.2, 0.25) is 0 Å². The van der Waals surface area contributed by atoms with Crippen molar-refractivity contribution in [1.29, 1.82) is 5.26 Å². The lowest BCUT2D eigenvalue weighted by Gasteiger charge is -2.40. The summed E-state index contributed by atoms with van der Waals surface area (Å²) in [5, 5.41) is 12.0. The lowest BCUT2D eigenvalue weighted by atomic mass is 10.1. The van der Waals surface area contributed by atoms with Crippen LogP contribution in [0.4, 0.5) is 0 Å². The molecule has 1 aliphatic heterocycles. The van der Waals surface area contributed by atoms with Crippen LogP contribution in [0, 0.1) is 11.3 Å². The number of hydrogen-bond acceptors (Lipinski definition) is 5. The smallest absolute Gasteiger partial charge is 0.290 e. The van der Waals surface area contributed by atoms with Crippen LogP contribution in [-0.2, 0) is 11.2 Å². The molecule has 0 radical (unpaired) electrons. The second-order valence-corrected chi connectivity index (χ2v) is 8.64. The largest absolute Gasteiger partial charge is 0.379 e. The molecular formula is C21H23N3O3S. The maximum absolute atomic E-state index is 12.9. The highest BCUT2D eigenvalue weighted by molar-refractivity contribution is 8.31. The van der Waals surface area contributed by atoms with E-state index in [4.69, 9.17) is 5.26 Å². The van der Waals surface area contributed by atoms with Gasteiger partial charge in [0.2, 0.25) is 0 Å². The van der Waals surface area contributed by atoms with Crippen molar-refractivity contribution >= 4 is 21.6 Å². The number of hydrogen-bond donors (Lipinski definition) is 3. The van der Waals surface area contributed by atoms with E-state index in [1.807, 2.05) is 18.2 Å². The Morgan fingerprint density at radius 1 is 1.11 bits per heavy atom. The van der Waals surface area contributed by atoms with Crippen LogP contribution in [0.1, 0.15) is 30.5 Å². The van der Waals surface area contributed by atoms with Crippen LogP contribution in [0.25, 0.3) is 4.91 Å². The zero-order valence-corrected chi connectivity index (χ0v) is 16.6. The Bertz CT molecular complexity index is 932. The van der Waals surface area contributed by atoms with Crippen molar-refractivity contribution < 1.29 is 13.9 Å². The maximum atomic E-state index is 12.9. The SMILES string of the molecule is CC(C)N1C(=O)C(NCCc2ccc(C#N)cc2)=C(c2ccccc2)S1(O)O. The van der Waals surface area contributed by atoms with E-state index >= 15 is 0 Å². The Hall–Kier alpha value is -2.79. The Morgan fingerprint density at radius 2 is 1.75 bits per heavy atom. The molecule has 6 nitrogen and oxygen atoms in total. The summed E-state index contributed by atoms with van der Waals surface area (Å²) in [5.74, 6) is -0.409. The summed E-state index contributed by atoms with van der Waals surface area (Å²) < 4.78 is 22.9.